The van der Waals surface area contributed by atoms with Crippen LogP contribution in [0.15, 0.2) is 66.7 Å². The van der Waals surface area contributed by atoms with E-state index >= 15 is 0 Å². The zero-order valence-corrected chi connectivity index (χ0v) is 14.8. The van der Waals surface area contributed by atoms with Crippen LogP contribution in [0.25, 0.3) is 10.8 Å². The quantitative estimate of drug-likeness (QED) is 0.639. The Balaban J connectivity index is 0.00000243. The first-order valence-corrected chi connectivity index (χ1v) is 9.37. The molecule has 6 nitrogen and oxygen atoms in total. The second-order valence-electron chi connectivity index (χ2n) is 5.54. The van der Waals surface area contributed by atoms with Crippen molar-refractivity contribution in [2.75, 3.05) is 6.26 Å². The zero-order chi connectivity index (χ0) is 17.9. The summed E-state index contributed by atoms with van der Waals surface area (Å²) in [6, 6.07) is 20.3. The van der Waals surface area contributed by atoms with Crippen LogP contribution in [0, 0.1) is 0 Å². The summed E-state index contributed by atoms with van der Waals surface area (Å²) in [5, 5.41) is 2.22. The number of benzene rings is 3. The van der Waals surface area contributed by atoms with Gasteiger partial charge in [0.1, 0.15) is 17.9 Å². The summed E-state index contributed by atoms with van der Waals surface area (Å²) < 4.78 is 32.4. The molecule has 26 heavy (non-hydrogen) atoms. The first-order valence-electron chi connectivity index (χ1n) is 7.56. The van der Waals surface area contributed by atoms with Crippen molar-refractivity contribution in [3.63, 3.8) is 0 Å². The number of hydrogen-bond donors (Lipinski definition) is 0. The summed E-state index contributed by atoms with van der Waals surface area (Å²) in [5.74, 6) is -0.694. The zero-order valence-electron chi connectivity index (χ0n) is 14.0. The van der Waals surface area contributed by atoms with E-state index in [1.165, 1.54) is 6.07 Å². The van der Waals surface area contributed by atoms with Gasteiger partial charge in [0.2, 0.25) is 0 Å². The van der Waals surface area contributed by atoms with Crippen molar-refractivity contribution < 1.29 is 27.6 Å². The predicted octanol–water partition coefficient (Wildman–Crippen LogP) is 2.71. The summed E-state index contributed by atoms with van der Waals surface area (Å²) in [4.78, 5) is 12.0. The lowest BCUT2D eigenvalue weighted by Gasteiger charge is -2.11. The molecule has 136 valence electrons. The molecule has 0 bridgehead atoms. The Morgan fingerprint density at radius 3 is 2.31 bits per heavy atom. The molecule has 3 aromatic rings. The first-order chi connectivity index (χ1) is 11.9. The third-order valence-corrected chi connectivity index (χ3v) is 4.00. The molecule has 3 aromatic carbocycles. The summed E-state index contributed by atoms with van der Waals surface area (Å²) in [7, 11) is -3.88. The SMILES string of the molecule is CS(=O)(=O)OC(=O)c1ccccc1OCc1ccc2ccccc2c1.O. The van der Waals surface area contributed by atoms with Gasteiger partial charge in [-0.15, -0.1) is 0 Å². The fourth-order valence-corrected chi connectivity index (χ4v) is 2.80. The molecule has 0 atom stereocenters. The third kappa shape index (κ3) is 4.81. The van der Waals surface area contributed by atoms with Crippen molar-refractivity contribution in [1.82, 2.24) is 0 Å². The lowest BCUT2D eigenvalue weighted by molar-refractivity contribution is 0.0743. The molecule has 0 aliphatic carbocycles. The van der Waals surface area contributed by atoms with E-state index in [9.17, 15) is 13.2 Å². The fourth-order valence-electron chi connectivity index (χ4n) is 2.43. The van der Waals surface area contributed by atoms with Crippen LogP contribution in [-0.2, 0) is 20.9 Å². The highest BCUT2D eigenvalue weighted by Crippen LogP contribution is 2.22. The molecular formula is C19H18O6S. The maximum Gasteiger partial charge on any atom is 0.357 e. The van der Waals surface area contributed by atoms with E-state index < -0.39 is 16.1 Å². The Labute approximate surface area is 151 Å². The van der Waals surface area contributed by atoms with E-state index in [1.54, 1.807) is 18.2 Å². The molecular weight excluding hydrogens is 356 g/mol. The largest absolute Gasteiger partial charge is 0.488 e. The number of fused-ring (bicyclic) bond motifs is 1. The minimum absolute atomic E-state index is 0. The molecule has 2 N–H and O–H groups in total. The smallest absolute Gasteiger partial charge is 0.357 e. The normalized spacial score (nSPS) is 10.8. The Bertz CT molecular complexity index is 1030. The van der Waals surface area contributed by atoms with Crippen LogP contribution in [0.1, 0.15) is 15.9 Å². The van der Waals surface area contributed by atoms with E-state index in [1.807, 2.05) is 42.5 Å². The van der Waals surface area contributed by atoms with Gasteiger partial charge in [-0.05, 0) is 34.5 Å². The van der Waals surface area contributed by atoms with Gasteiger partial charge in [-0.3, -0.25) is 0 Å². The van der Waals surface area contributed by atoms with Crippen LogP contribution in [0.3, 0.4) is 0 Å². The molecule has 0 radical (unpaired) electrons. The van der Waals surface area contributed by atoms with Crippen LogP contribution in [0.2, 0.25) is 0 Å². The highest BCUT2D eigenvalue weighted by molar-refractivity contribution is 7.86. The standard InChI is InChI=1S/C19H16O5S.H2O/c1-25(21,22)24-19(20)17-8-4-5-9-18(17)23-13-14-10-11-15-6-2-3-7-16(15)12-14;/h2-12H,13H2,1H3;1H2. The van der Waals surface area contributed by atoms with Gasteiger partial charge in [-0.25, -0.2) is 4.79 Å². The molecule has 3 rings (SSSR count). The molecule has 0 saturated carbocycles. The van der Waals surface area contributed by atoms with Gasteiger partial charge in [0.15, 0.2) is 0 Å². The van der Waals surface area contributed by atoms with Crippen LogP contribution in [0.4, 0.5) is 0 Å². The lowest BCUT2D eigenvalue weighted by atomic mass is 10.1. The lowest BCUT2D eigenvalue weighted by Crippen LogP contribution is -2.13. The Morgan fingerprint density at radius 1 is 0.923 bits per heavy atom. The molecule has 0 spiro atoms. The Morgan fingerprint density at radius 2 is 1.58 bits per heavy atom. The second-order valence-corrected chi connectivity index (χ2v) is 7.12. The molecule has 0 aliphatic rings. The van der Waals surface area contributed by atoms with Gasteiger partial charge in [0, 0.05) is 0 Å². The van der Waals surface area contributed by atoms with Crippen LogP contribution in [0.5, 0.6) is 5.75 Å². The first kappa shape index (κ1) is 19.4. The van der Waals surface area contributed by atoms with Crippen LogP contribution in [-0.4, -0.2) is 26.1 Å². The van der Waals surface area contributed by atoms with Gasteiger partial charge in [-0.1, -0.05) is 48.5 Å². The highest BCUT2D eigenvalue weighted by atomic mass is 32.2. The van der Waals surface area contributed by atoms with Crippen molar-refractivity contribution in [1.29, 1.82) is 0 Å². The maximum atomic E-state index is 12.0. The van der Waals surface area contributed by atoms with Gasteiger partial charge >= 0.3 is 16.1 Å². The number of hydrogen-bond acceptors (Lipinski definition) is 5. The average Bonchev–Trinajstić information content (AvgIpc) is 2.58. The predicted molar refractivity (Wildman–Crippen MR) is 98.6 cm³/mol. The van der Waals surface area contributed by atoms with Gasteiger partial charge in [0.05, 0.1) is 6.26 Å². The fraction of sp³-hybridized carbons (Fsp3) is 0.105. The van der Waals surface area contributed by atoms with Gasteiger partial charge in [-0.2, -0.15) is 8.42 Å². The number of carbonyl (C=O) groups excluding carboxylic acids is 1. The minimum Gasteiger partial charge on any atom is -0.488 e. The molecule has 0 saturated heterocycles. The molecule has 0 aromatic heterocycles. The van der Waals surface area contributed by atoms with Crippen molar-refractivity contribution in [2.24, 2.45) is 0 Å². The highest BCUT2D eigenvalue weighted by Gasteiger charge is 2.18. The number of carbonyl (C=O) groups is 1. The summed E-state index contributed by atoms with van der Waals surface area (Å²) >= 11 is 0. The molecule has 7 heteroatoms. The van der Waals surface area contributed by atoms with Crippen molar-refractivity contribution in [3.8, 4) is 5.75 Å². The maximum absolute atomic E-state index is 12.0. The summed E-state index contributed by atoms with van der Waals surface area (Å²) in [6.45, 7) is 0.244. The third-order valence-electron chi connectivity index (χ3n) is 3.54. The van der Waals surface area contributed by atoms with Crippen LogP contribution >= 0.6 is 0 Å². The summed E-state index contributed by atoms with van der Waals surface area (Å²) in [5.41, 5.74) is 0.999. The van der Waals surface area contributed by atoms with Gasteiger partial charge < -0.3 is 14.4 Å². The average molecular weight is 374 g/mol. The van der Waals surface area contributed by atoms with Crippen molar-refractivity contribution in [2.45, 2.75) is 6.61 Å². The molecule has 0 fully saturated rings. The van der Waals surface area contributed by atoms with Crippen LogP contribution < -0.4 is 4.74 Å². The van der Waals surface area contributed by atoms with E-state index in [2.05, 4.69) is 4.18 Å². The van der Waals surface area contributed by atoms with Crippen molar-refractivity contribution >= 4 is 26.9 Å². The minimum atomic E-state index is -3.88. The molecule has 0 aliphatic heterocycles. The summed E-state index contributed by atoms with van der Waals surface area (Å²) in [6.07, 6.45) is 0.823. The van der Waals surface area contributed by atoms with Gasteiger partial charge in [0.25, 0.3) is 0 Å². The number of ether oxygens (including phenoxy) is 1. The van der Waals surface area contributed by atoms with E-state index in [0.29, 0.717) is 0 Å². The van der Waals surface area contributed by atoms with E-state index in [-0.39, 0.29) is 23.4 Å². The van der Waals surface area contributed by atoms with E-state index in [4.69, 9.17) is 4.74 Å². The van der Waals surface area contributed by atoms with E-state index in [0.717, 1.165) is 22.6 Å². The van der Waals surface area contributed by atoms with Crippen molar-refractivity contribution in [3.05, 3.63) is 77.9 Å². The molecule has 0 heterocycles. The molecule has 0 amide bonds. The second kappa shape index (κ2) is 7.99. The Kier molecular flexibility index (Phi) is 5.97. The molecule has 0 unspecified atom stereocenters. The Hall–Kier alpha value is -2.90. The number of rotatable bonds is 5. The monoisotopic (exact) mass is 374 g/mol. The number of para-hydroxylation sites is 1. The topological polar surface area (TPSA) is 101 Å².